The van der Waals surface area contributed by atoms with Crippen LogP contribution in [-0.2, 0) is 57.0 Å². The van der Waals surface area contributed by atoms with Crippen LogP contribution >= 0.6 is 0 Å². The second-order valence-corrected chi connectivity index (χ2v) is 27.2. The predicted molar refractivity (Wildman–Crippen MR) is 294 cm³/mol. The maximum Gasteiger partial charge on any atom is 0.338 e. The summed E-state index contributed by atoms with van der Waals surface area (Å²) < 4.78 is 55.9. The van der Waals surface area contributed by atoms with Crippen LogP contribution in [0.5, 0.6) is 0 Å². The molecule has 3 heterocycles. The molecule has 17 unspecified atom stereocenters. The van der Waals surface area contributed by atoms with Gasteiger partial charge in [0.15, 0.2) is 31.1 Å². The first kappa shape index (κ1) is 66.0. The zero-order chi connectivity index (χ0) is 61.3. The Morgan fingerprint density at radius 3 is 1.80 bits per heavy atom. The summed E-state index contributed by atoms with van der Waals surface area (Å²) in [5, 5.41) is 112. The molecule has 0 aromatic carbocycles. The third kappa shape index (κ3) is 11.1. The number of carbonyl (C=O) groups excluding carboxylic acids is 3. The number of rotatable bonds is 17. The highest BCUT2D eigenvalue weighted by molar-refractivity contribution is 5.89. The van der Waals surface area contributed by atoms with Gasteiger partial charge in [0, 0.05) is 16.6 Å². The number of aliphatic hydroxyl groups is 10. The molecule has 7 fully saturated rings. The number of hydrogen-bond acceptors (Lipinski definition) is 22. The average molecular weight is 1180 g/mol. The molecular formula is C61H96O22. The molecule has 22 heteroatoms. The highest BCUT2D eigenvalue weighted by atomic mass is 16.8. The molecule has 0 amide bonds. The summed E-state index contributed by atoms with van der Waals surface area (Å²) in [6.45, 7) is 21.6. The number of allylic oxidation sites excluding steroid dienone is 4. The minimum absolute atomic E-state index is 0.0226. The molecule has 5 aliphatic carbocycles. The van der Waals surface area contributed by atoms with E-state index in [4.69, 9.17) is 42.6 Å². The van der Waals surface area contributed by atoms with Crippen molar-refractivity contribution in [1.82, 2.24) is 0 Å². The van der Waals surface area contributed by atoms with Crippen molar-refractivity contribution in [2.24, 2.45) is 50.2 Å². The van der Waals surface area contributed by atoms with Crippen LogP contribution in [0.15, 0.2) is 34.9 Å². The molecule has 0 spiro atoms. The topological polar surface area (TPSA) is 337 Å². The molecule has 10 N–H and O–H groups in total. The Bertz CT molecular complexity index is 2420. The fourth-order valence-corrected chi connectivity index (χ4v) is 16.6. The first-order chi connectivity index (χ1) is 38.9. The van der Waals surface area contributed by atoms with Crippen molar-refractivity contribution in [3.05, 3.63) is 34.9 Å². The van der Waals surface area contributed by atoms with Crippen molar-refractivity contribution in [2.75, 3.05) is 26.4 Å². The molecule has 0 bridgehead atoms. The lowest BCUT2D eigenvalue weighted by Gasteiger charge is -2.72. The standard InChI is InChI=1S/C61H96O22/c1-13-16-23-75-52(74)46-44(71)45(79-53-42(69)40(67)34(27-63)77-53)47(81-54-43(70)41(68)39(66)33(26-62)76-54)55(80-46)78-38-20-21-58(10)35(57(38,8)9)19-22-59(11)36(58)18-17-31-32-24-56(6,7)48(82-50(72)29(4)14-2)49(83-51(73)30(5)15-3)61(32,28-64)37(65)25-60(31,59)12/h14-15,17,32-49,53-55,62-71H,13,16,18-28H2,1-12H3/b29-14-,30-15-/t32?,33?,34?,35?,36?,37-,38+,39?,40?,41?,42?,43?,44?,45?,46?,47?,48+,49+,53?,54?,55?,58+,59-,60-,61+/m1/s1. The molecular weight excluding hydrogens is 1080 g/mol. The van der Waals surface area contributed by atoms with Crippen molar-refractivity contribution in [1.29, 1.82) is 0 Å². The van der Waals surface area contributed by atoms with E-state index in [1.54, 1.807) is 39.8 Å². The lowest BCUT2D eigenvalue weighted by molar-refractivity contribution is -0.386. The fraction of sp³-hybridized carbons (Fsp3) is 0.852. The number of fused-ring (bicyclic) bond motifs is 7. The first-order valence-corrected chi connectivity index (χ1v) is 30.0. The summed E-state index contributed by atoms with van der Waals surface area (Å²) in [7, 11) is 0. The lowest BCUT2D eigenvalue weighted by Crippen LogP contribution is -2.72. The molecule has 0 aromatic heterocycles. The Morgan fingerprint density at radius 1 is 0.663 bits per heavy atom. The molecule has 472 valence electrons. The largest absolute Gasteiger partial charge is 0.464 e. The predicted octanol–water partition coefficient (Wildman–Crippen LogP) is 2.55. The van der Waals surface area contributed by atoms with Gasteiger partial charge in [-0.2, -0.15) is 0 Å². The van der Waals surface area contributed by atoms with Crippen LogP contribution in [0.25, 0.3) is 0 Å². The fourth-order valence-electron chi connectivity index (χ4n) is 16.6. The van der Waals surface area contributed by atoms with Crippen molar-refractivity contribution in [3.8, 4) is 0 Å². The van der Waals surface area contributed by atoms with Gasteiger partial charge in [-0.25, -0.2) is 14.4 Å². The molecule has 8 rings (SSSR count). The monoisotopic (exact) mass is 1180 g/mol. The molecule has 0 aromatic rings. The van der Waals surface area contributed by atoms with Crippen LogP contribution in [-0.4, -0.2) is 206 Å². The van der Waals surface area contributed by atoms with Gasteiger partial charge in [-0.1, -0.05) is 85.6 Å². The number of carbonyl (C=O) groups is 3. The van der Waals surface area contributed by atoms with Crippen LogP contribution in [0, 0.1) is 50.2 Å². The van der Waals surface area contributed by atoms with Crippen LogP contribution in [0.4, 0.5) is 0 Å². The summed E-state index contributed by atoms with van der Waals surface area (Å²) in [5.74, 6) is -2.69. The number of aliphatic hydroxyl groups excluding tert-OH is 10. The molecule has 3 saturated heterocycles. The second kappa shape index (κ2) is 24.9. The third-order valence-corrected chi connectivity index (χ3v) is 22.0. The minimum Gasteiger partial charge on any atom is -0.464 e. The Kier molecular flexibility index (Phi) is 19.8. The molecule has 0 radical (unpaired) electrons. The van der Waals surface area contributed by atoms with Crippen LogP contribution in [0.2, 0.25) is 0 Å². The van der Waals surface area contributed by atoms with Gasteiger partial charge in [0.2, 0.25) is 0 Å². The highest BCUT2D eigenvalue weighted by Gasteiger charge is 2.74. The number of ether oxygens (including phenoxy) is 9. The van der Waals surface area contributed by atoms with Gasteiger partial charge < -0.3 is 93.7 Å². The smallest absolute Gasteiger partial charge is 0.338 e. The summed E-state index contributed by atoms with van der Waals surface area (Å²) in [4.78, 5) is 41.5. The molecule has 8 aliphatic rings. The highest BCUT2D eigenvalue weighted by Crippen LogP contribution is 2.76. The van der Waals surface area contributed by atoms with E-state index in [1.807, 2.05) is 20.8 Å². The molecule has 22 nitrogen and oxygen atoms in total. The lowest BCUT2D eigenvalue weighted by atomic mass is 9.33. The second-order valence-electron chi connectivity index (χ2n) is 27.2. The van der Waals surface area contributed by atoms with Crippen molar-refractivity contribution >= 4 is 17.9 Å². The van der Waals surface area contributed by atoms with Crippen molar-refractivity contribution in [3.63, 3.8) is 0 Å². The SMILES string of the molecule is C/C=C(/C)C(=O)O[C@H]1[C@H](OC(=O)/C(C)=C\C)[C@@]2(CO)C(CC1(C)C)C1=CCC3[C@@]4(C)CC[C@H](OC5OC(C(=O)OCCCC)C(O)C(OC6OC(CO)C(O)C6O)C5OC5OC(CO)C(O)C(O)C5O)C(C)(C)C4CC[C@@]3(C)[C@]1(C)C[C@H]2O. The van der Waals surface area contributed by atoms with Gasteiger partial charge in [-0.3, -0.25) is 0 Å². The maximum absolute atomic E-state index is 14.0. The summed E-state index contributed by atoms with van der Waals surface area (Å²) in [6, 6.07) is 0. The first-order valence-electron chi connectivity index (χ1n) is 30.0. The van der Waals surface area contributed by atoms with E-state index >= 15 is 0 Å². The van der Waals surface area contributed by atoms with E-state index in [2.05, 4.69) is 40.7 Å². The zero-order valence-electron chi connectivity index (χ0n) is 50.4. The Balaban J connectivity index is 1.14. The average Bonchev–Trinajstić information content (AvgIpc) is 1.31. The van der Waals surface area contributed by atoms with E-state index in [0.717, 1.165) is 5.57 Å². The van der Waals surface area contributed by atoms with Crippen molar-refractivity contribution < 1.29 is 108 Å². The van der Waals surface area contributed by atoms with Gasteiger partial charge in [-0.05, 0) is 118 Å². The van der Waals surface area contributed by atoms with Crippen molar-refractivity contribution in [2.45, 2.75) is 251 Å². The normalized spacial score (nSPS) is 46.8. The number of hydrogen-bond donors (Lipinski definition) is 10. The van der Waals surface area contributed by atoms with Gasteiger partial charge in [0.1, 0.15) is 67.1 Å². The van der Waals surface area contributed by atoms with Gasteiger partial charge >= 0.3 is 17.9 Å². The Morgan fingerprint density at radius 2 is 1.23 bits per heavy atom. The van der Waals surface area contributed by atoms with E-state index in [1.165, 1.54) is 0 Å². The van der Waals surface area contributed by atoms with Gasteiger partial charge in [0.25, 0.3) is 0 Å². The quantitative estimate of drug-likeness (QED) is 0.0250. The molecule has 83 heavy (non-hydrogen) atoms. The zero-order valence-corrected chi connectivity index (χ0v) is 50.4. The molecule has 25 atom stereocenters. The van der Waals surface area contributed by atoms with E-state index in [-0.39, 0.29) is 30.3 Å². The summed E-state index contributed by atoms with van der Waals surface area (Å²) in [5.41, 5.74) is -2.61. The van der Waals surface area contributed by atoms with Gasteiger partial charge in [0.05, 0.1) is 44.1 Å². The summed E-state index contributed by atoms with van der Waals surface area (Å²) in [6.07, 6.45) is -18.0. The Labute approximate surface area is 487 Å². The molecule has 4 saturated carbocycles. The number of esters is 3. The minimum atomic E-state index is -1.97. The molecule has 3 aliphatic heterocycles. The van der Waals surface area contributed by atoms with Crippen LogP contribution < -0.4 is 0 Å². The van der Waals surface area contributed by atoms with Crippen LogP contribution in [0.3, 0.4) is 0 Å². The van der Waals surface area contributed by atoms with E-state index in [0.29, 0.717) is 62.5 Å². The number of unbranched alkanes of at least 4 members (excludes halogenated alkanes) is 1. The van der Waals surface area contributed by atoms with Gasteiger partial charge in [-0.15, -0.1) is 0 Å². The summed E-state index contributed by atoms with van der Waals surface area (Å²) >= 11 is 0. The van der Waals surface area contributed by atoms with E-state index in [9.17, 15) is 65.4 Å². The third-order valence-electron chi connectivity index (χ3n) is 22.0. The van der Waals surface area contributed by atoms with E-state index < -0.39 is 181 Å². The maximum atomic E-state index is 14.0. The van der Waals surface area contributed by atoms with Crippen LogP contribution in [0.1, 0.15) is 141 Å². The Hall–Kier alpha value is -3.01.